The fourth-order valence-corrected chi connectivity index (χ4v) is 5.65. The largest absolute Gasteiger partial charge is 0.373 e. The lowest BCUT2D eigenvalue weighted by Gasteiger charge is -2.36. The Morgan fingerprint density at radius 1 is 0.857 bits per heavy atom. The van der Waals surface area contributed by atoms with Crippen LogP contribution in [-0.2, 0) is 40.0 Å². The van der Waals surface area contributed by atoms with Gasteiger partial charge < -0.3 is 42.3 Å². The molecular formula is C34H53N7O8. The number of likely N-dealkylation sites (tertiary alicyclic amines) is 1. The number of carbonyl (C=O) groups excluding carboxylic acids is 7. The SMILES string of the molecule is CCC(C)(CC)C1CC(=O)N(CCCCCC(=O)NCC(=O)NCC(=O)N[C@@H](Cc2ccccc2)C(=O)NCC(=O)NCCC(N)=O)C1O. The standard InChI is InChI=1S/C34H53N7O8/c1-4-34(3,5-2)24-19-31(47)41(33(24)49)17-11-7-10-14-27(43)37-20-29(45)38-22-30(46)40-25(18-23-12-8-6-9-13-23)32(48)39-21-28(44)36-16-15-26(35)42/h6,8-9,12-13,24-25,33,49H,4-5,7,10-11,14-22H2,1-3H3,(H2,35,42)(H,36,44)(H,37,43)(H,38,45)(H,39,48)(H,40,46)/t24?,25-,33?/m0/s1. The number of rotatable bonds is 22. The van der Waals surface area contributed by atoms with Crippen molar-refractivity contribution in [1.29, 1.82) is 0 Å². The monoisotopic (exact) mass is 687 g/mol. The smallest absolute Gasteiger partial charge is 0.243 e. The lowest BCUT2D eigenvalue weighted by molar-refractivity contribution is -0.134. The Hall–Kier alpha value is -4.53. The highest BCUT2D eigenvalue weighted by molar-refractivity contribution is 5.93. The van der Waals surface area contributed by atoms with Crippen LogP contribution in [0.3, 0.4) is 0 Å². The maximum atomic E-state index is 12.8. The second-order valence-electron chi connectivity index (χ2n) is 12.6. The molecule has 2 rings (SSSR count). The van der Waals surface area contributed by atoms with Crippen molar-refractivity contribution in [1.82, 2.24) is 31.5 Å². The van der Waals surface area contributed by atoms with Crippen molar-refractivity contribution < 1.29 is 38.7 Å². The van der Waals surface area contributed by atoms with Crippen molar-refractivity contribution in [3.05, 3.63) is 35.9 Å². The molecular weight excluding hydrogens is 634 g/mol. The van der Waals surface area contributed by atoms with Gasteiger partial charge in [-0.3, -0.25) is 33.6 Å². The molecule has 2 unspecified atom stereocenters. The first-order chi connectivity index (χ1) is 23.3. The van der Waals surface area contributed by atoms with E-state index in [0.29, 0.717) is 32.2 Å². The average Bonchev–Trinajstić information content (AvgIpc) is 3.37. The van der Waals surface area contributed by atoms with Crippen molar-refractivity contribution in [3.63, 3.8) is 0 Å². The number of amides is 7. The van der Waals surface area contributed by atoms with Gasteiger partial charge in [-0.1, -0.05) is 70.4 Å². The molecule has 8 N–H and O–H groups in total. The quantitative estimate of drug-likeness (QED) is 0.0792. The lowest BCUT2D eigenvalue weighted by Crippen LogP contribution is -2.52. The first-order valence-electron chi connectivity index (χ1n) is 17.0. The van der Waals surface area contributed by atoms with E-state index in [9.17, 15) is 38.7 Å². The molecule has 1 aromatic rings. The Balaban J connectivity index is 1.70. The van der Waals surface area contributed by atoms with Gasteiger partial charge in [0.1, 0.15) is 12.3 Å². The van der Waals surface area contributed by atoms with Crippen molar-refractivity contribution in [3.8, 4) is 0 Å². The molecule has 0 radical (unpaired) electrons. The van der Waals surface area contributed by atoms with Gasteiger partial charge in [-0.05, 0) is 23.8 Å². The summed E-state index contributed by atoms with van der Waals surface area (Å²) in [5.74, 6) is -3.46. The van der Waals surface area contributed by atoms with E-state index < -0.39 is 48.4 Å². The third-order valence-corrected chi connectivity index (χ3v) is 9.15. The van der Waals surface area contributed by atoms with Gasteiger partial charge in [-0.25, -0.2) is 0 Å². The first-order valence-corrected chi connectivity index (χ1v) is 17.0. The van der Waals surface area contributed by atoms with Crippen molar-refractivity contribution in [2.75, 3.05) is 32.7 Å². The molecule has 15 heteroatoms. The summed E-state index contributed by atoms with van der Waals surface area (Å²) in [6, 6.07) is 7.85. The molecule has 0 spiro atoms. The molecule has 15 nitrogen and oxygen atoms in total. The van der Waals surface area contributed by atoms with Crippen LogP contribution in [0, 0.1) is 11.3 Å². The number of nitrogens with two attached hydrogens (primary N) is 1. The van der Waals surface area contributed by atoms with E-state index in [1.165, 1.54) is 0 Å². The number of hydrogen-bond donors (Lipinski definition) is 7. The van der Waals surface area contributed by atoms with E-state index in [0.717, 1.165) is 18.4 Å². The van der Waals surface area contributed by atoms with E-state index in [1.54, 1.807) is 35.2 Å². The molecule has 7 amide bonds. The van der Waals surface area contributed by atoms with Crippen LogP contribution in [-0.4, -0.2) is 96.4 Å². The number of primary amides is 1. The van der Waals surface area contributed by atoms with E-state index in [4.69, 9.17) is 5.73 Å². The average molecular weight is 688 g/mol. The zero-order chi connectivity index (χ0) is 36.4. The van der Waals surface area contributed by atoms with Gasteiger partial charge in [0.15, 0.2) is 0 Å². The van der Waals surface area contributed by atoms with Crippen LogP contribution >= 0.6 is 0 Å². The maximum absolute atomic E-state index is 12.8. The van der Waals surface area contributed by atoms with Crippen LogP contribution in [0.2, 0.25) is 0 Å². The number of aliphatic hydroxyl groups excluding tert-OH is 1. The zero-order valence-electron chi connectivity index (χ0n) is 28.8. The summed E-state index contributed by atoms with van der Waals surface area (Å²) in [5, 5.41) is 23.2. The molecule has 1 heterocycles. The predicted octanol–water partition coefficient (Wildman–Crippen LogP) is -0.392. The van der Waals surface area contributed by atoms with E-state index >= 15 is 0 Å². The normalized spacial score (nSPS) is 16.4. The molecule has 0 bridgehead atoms. The Morgan fingerprint density at radius 3 is 2.12 bits per heavy atom. The molecule has 1 aliphatic rings. The molecule has 3 atom stereocenters. The van der Waals surface area contributed by atoms with E-state index in [1.807, 2.05) is 0 Å². The minimum Gasteiger partial charge on any atom is -0.373 e. The highest BCUT2D eigenvalue weighted by Gasteiger charge is 2.46. The molecule has 272 valence electrons. The fourth-order valence-electron chi connectivity index (χ4n) is 5.65. The van der Waals surface area contributed by atoms with Crippen LogP contribution in [0.1, 0.15) is 77.7 Å². The third-order valence-electron chi connectivity index (χ3n) is 9.15. The Morgan fingerprint density at radius 2 is 1.47 bits per heavy atom. The highest BCUT2D eigenvalue weighted by atomic mass is 16.3. The predicted molar refractivity (Wildman–Crippen MR) is 181 cm³/mol. The summed E-state index contributed by atoms with van der Waals surface area (Å²) >= 11 is 0. The van der Waals surface area contributed by atoms with E-state index in [2.05, 4.69) is 47.4 Å². The Kier molecular flexibility index (Phi) is 17.2. The van der Waals surface area contributed by atoms with Gasteiger partial charge >= 0.3 is 0 Å². The lowest BCUT2D eigenvalue weighted by atomic mass is 9.72. The second kappa shape index (κ2) is 20.8. The third kappa shape index (κ3) is 14.2. The van der Waals surface area contributed by atoms with Crippen LogP contribution in [0.5, 0.6) is 0 Å². The van der Waals surface area contributed by atoms with Gasteiger partial charge in [-0.2, -0.15) is 0 Å². The van der Waals surface area contributed by atoms with Gasteiger partial charge in [0, 0.05) is 44.7 Å². The summed E-state index contributed by atoms with van der Waals surface area (Å²) in [5.41, 5.74) is 5.69. The molecule has 0 saturated carbocycles. The van der Waals surface area contributed by atoms with Crippen LogP contribution in [0.15, 0.2) is 30.3 Å². The maximum Gasteiger partial charge on any atom is 0.243 e. The minimum atomic E-state index is -1.05. The number of nitrogens with one attached hydrogen (secondary N) is 5. The molecule has 1 fully saturated rings. The summed E-state index contributed by atoms with van der Waals surface area (Å²) in [6.07, 6.45) is 3.41. The number of hydrogen-bond acceptors (Lipinski definition) is 8. The minimum absolute atomic E-state index is 0.0284. The summed E-state index contributed by atoms with van der Waals surface area (Å²) in [6.45, 7) is 5.55. The van der Waals surface area contributed by atoms with Gasteiger partial charge in [0.25, 0.3) is 0 Å². The Labute approximate surface area is 287 Å². The van der Waals surface area contributed by atoms with Crippen molar-refractivity contribution in [2.24, 2.45) is 17.1 Å². The summed E-state index contributed by atoms with van der Waals surface area (Å²) in [4.78, 5) is 86.8. The summed E-state index contributed by atoms with van der Waals surface area (Å²) in [7, 11) is 0. The van der Waals surface area contributed by atoms with Crippen LogP contribution in [0.4, 0.5) is 0 Å². The second-order valence-corrected chi connectivity index (χ2v) is 12.6. The summed E-state index contributed by atoms with van der Waals surface area (Å²) < 4.78 is 0. The molecule has 49 heavy (non-hydrogen) atoms. The number of aliphatic hydroxyl groups is 1. The van der Waals surface area contributed by atoms with Crippen LogP contribution < -0.4 is 32.3 Å². The van der Waals surface area contributed by atoms with Gasteiger partial charge in [0.2, 0.25) is 41.4 Å². The van der Waals surface area contributed by atoms with Crippen molar-refractivity contribution >= 4 is 41.4 Å². The van der Waals surface area contributed by atoms with Crippen molar-refractivity contribution in [2.45, 2.75) is 90.8 Å². The molecule has 1 aliphatic heterocycles. The zero-order valence-corrected chi connectivity index (χ0v) is 28.8. The van der Waals surface area contributed by atoms with Gasteiger partial charge in [0.05, 0.1) is 19.6 Å². The number of carbonyl (C=O) groups is 7. The first kappa shape index (κ1) is 40.6. The molecule has 0 aromatic heterocycles. The number of nitrogens with zero attached hydrogens (tertiary/aromatic N) is 1. The molecule has 1 saturated heterocycles. The van der Waals surface area contributed by atoms with E-state index in [-0.39, 0.29) is 62.0 Å². The topological polar surface area (TPSA) is 229 Å². The molecule has 1 aromatic carbocycles. The number of unbranched alkanes of at least 4 members (excludes halogenated alkanes) is 2. The van der Waals surface area contributed by atoms with Gasteiger partial charge in [-0.15, -0.1) is 0 Å². The van der Waals surface area contributed by atoms with Crippen LogP contribution in [0.25, 0.3) is 0 Å². The Bertz CT molecular complexity index is 1290. The highest BCUT2D eigenvalue weighted by Crippen LogP contribution is 2.43. The fraction of sp³-hybridized carbons (Fsp3) is 0.618. The number of benzene rings is 1. The molecule has 0 aliphatic carbocycles.